The van der Waals surface area contributed by atoms with Crippen LogP contribution in [0.2, 0.25) is 0 Å². The maximum Gasteiger partial charge on any atom is 0.0712 e. The fraction of sp³-hybridized carbons (Fsp3) is 0.118. The van der Waals surface area contributed by atoms with Gasteiger partial charge in [-0.25, -0.2) is 4.98 Å². The van der Waals surface area contributed by atoms with Gasteiger partial charge in [-0.05, 0) is 37.6 Å². The molecule has 0 radical (unpaired) electrons. The van der Waals surface area contributed by atoms with Crippen LogP contribution in [0.3, 0.4) is 0 Å². The number of benzene rings is 2. The molecule has 0 amide bonds. The number of aromatic nitrogens is 1. The summed E-state index contributed by atoms with van der Waals surface area (Å²) in [5, 5.41) is 1.19. The highest BCUT2D eigenvalue weighted by atomic mass is 14.7. The normalized spacial score (nSPS) is 10.8. The Kier molecular flexibility index (Phi) is 2.60. The van der Waals surface area contributed by atoms with Gasteiger partial charge in [-0.3, -0.25) is 0 Å². The average molecular weight is 233 g/mol. The summed E-state index contributed by atoms with van der Waals surface area (Å²) in [6, 6.07) is 19.0. The molecule has 0 atom stereocenters. The predicted molar refractivity (Wildman–Crippen MR) is 76.7 cm³/mol. The molecule has 2 aromatic carbocycles. The molecule has 1 nitrogen and oxygen atoms in total. The van der Waals surface area contributed by atoms with Crippen molar-refractivity contribution in [2.75, 3.05) is 0 Å². The molecular weight excluding hydrogens is 218 g/mol. The Hall–Kier alpha value is -2.15. The highest BCUT2D eigenvalue weighted by molar-refractivity contribution is 5.81. The van der Waals surface area contributed by atoms with Gasteiger partial charge in [0.05, 0.1) is 11.2 Å². The zero-order chi connectivity index (χ0) is 12.5. The molecule has 1 aromatic heterocycles. The lowest BCUT2D eigenvalue weighted by Gasteiger charge is -2.07. The number of pyridine rings is 1. The Bertz CT molecular complexity index is 714. The van der Waals surface area contributed by atoms with Crippen molar-refractivity contribution >= 4 is 10.9 Å². The first-order chi connectivity index (χ1) is 8.74. The van der Waals surface area contributed by atoms with Crippen molar-refractivity contribution in [3.05, 3.63) is 65.7 Å². The molecule has 1 heterocycles. The van der Waals surface area contributed by atoms with Gasteiger partial charge in [0.25, 0.3) is 0 Å². The van der Waals surface area contributed by atoms with E-state index in [1.54, 1.807) is 0 Å². The van der Waals surface area contributed by atoms with E-state index in [0.29, 0.717) is 0 Å². The lowest BCUT2D eigenvalue weighted by Crippen LogP contribution is -1.89. The molecule has 3 rings (SSSR count). The molecule has 0 unspecified atom stereocenters. The van der Waals surface area contributed by atoms with Gasteiger partial charge >= 0.3 is 0 Å². The van der Waals surface area contributed by atoms with Crippen LogP contribution >= 0.6 is 0 Å². The summed E-state index contributed by atoms with van der Waals surface area (Å²) in [6.07, 6.45) is 0. The SMILES string of the molecule is Cc1ccc(C)c(-c2ccc3ccccc3n2)c1. The van der Waals surface area contributed by atoms with E-state index in [1.807, 2.05) is 12.1 Å². The molecule has 0 aliphatic heterocycles. The Balaban J connectivity index is 2.22. The van der Waals surface area contributed by atoms with E-state index in [0.717, 1.165) is 11.2 Å². The van der Waals surface area contributed by atoms with E-state index in [-0.39, 0.29) is 0 Å². The van der Waals surface area contributed by atoms with Crippen molar-refractivity contribution in [3.63, 3.8) is 0 Å². The van der Waals surface area contributed by atoms with E-state index in [4.69, 9.17) is 4.98 Å². The molecule has 3 aromatic rings. The van der Waals surface area contributed by atoms with Gasteiger partial charge < -0.3 is 0 Å². The third kappa shape index (κ3) is 1.88. The van der Waals surface area contributed by atoms with Gasteiger partial charge in [0.15, 0.2) is 0 Å². The molecule has 18 heavy (non-hydrogen) atoms. The number of aryl methyl sites for hydroxylation is 2. The topological polar surface area (TPSA) is 12.9 Å². The quantitative estimate of drug-likeness (QED) is 0.602. The van der Waals surface area contributed by atoms with Crippen LogP contribution in [-0.4, -0.2) is 4.98 Å². The lowest BCUT2D eigenvalue weighted by atomic mass is 10.0. The van der Waals surface area contributed by atoms with Crippen LogP contribution in [0.1, 0.15) is 11.1 Å². The van der Waals surface area contributed by atoms with E-state index in [9.17, 15) is 0 Å². The second kappa shape index (κ2) is 4.26. The third-order valence-electron chi connectivity index (χ3n) is 3.27. The summed E-state index contributed by atoms with van der Waals surface area (Å²) in [6.45, 7) is 4.25. The summed E-state index contributed by atoms with van der Waals surface area (Å²) in [4.78, 5) is 4.75. The molecule has 88 valence electrons. The van der Waals surface area contributed by atoms with E-state index in [1.165, 1.54) is 22.1 Å². The number of hydrogen-bond donors (Lipinski definition) is 0. The number of hydrogen-bond acceptors (Lipinski definition) is 1. The monoisotopic (exact) mass is 233 g/mol. The predicted octanol–water partition coefficient (Wildman–Crippen LogP) is 4.52. The van der Waals surface area contributed by atoms with Crippen LogP contribution in [0.15, 0.2) is 54.6 Å². The van der Waals surface area contributed by atoms with Gasteiger partial charge in [0.2, 0.25) is 0 Å². The molecule has 0 saturated heterocycles. The minimum Gasteiger partial charge on any atom is -0.248 e. The number of para-hydroxylation sites is 1. The highest BCUT2D eigenvalue weighted by Crippen LogP contribution is 2.24. The maximum atomic E-state index is 4.75. The average Bonchev–Trinajstić information content (AvgIpc) is 2.41. The first-order valence-electron chi connectivity index (χ1n) is 6.17. The van der Waals surface area contributed by atoms with Crippen molar-refractivity contribution in [3.8, 4) is 11.3 Å². The Morgan fingerprint density at radius 3 is 2.56 bits per heavy atom. The lowest BCUT2D eigenvalue weighted by molar-refractivity contribution is 1.33. The zero-order valence-corrected chi connectivity index (χ0v) is 10.6. The maximum absolute atomic E-state index is 4.75. The molecule has 0 saturated carbocycles. The summed E-state index contributed by atoms with van der Waals surface area (Å²) in [7, 11) is 0. The van der Waals surface area contributed by atoms with E-state index in [2.05, 4.69) is 56.3 Å². The number of fused-ring (bicyclic) bond motifs is 1. The van der Waals surface area contributed by atoms with Crippen molar-refractivity contribution in [1.29, 1.82) is 0 Å². The smallest absolute Gasteiger partial charge is 0.0712 e. The molecule has 0 bridgehead atoms. The third-order valence-corrected chi connectivity index (χ3v) is 3.27. The second-order valence-electron chi connectivity index (χ2n) is 4.71. The van der Waals surface area contributed by atoms with E-state index >= 15 is 0 Å². The minimum atomic E-state index is 1.05. The fourth-order valence-corrected chi connectivity index (χ4v) is 2.23. The van der Waals surface area contributed by atoms with Crippen LogP contribution in [0, 0.1) is 13.8 Å². The van der Waals surface area contributed by atoms with Gasteiger partial charge in [0, 0.05) is 10.9 Å². The van der Waals surface area contributed by atoms with Gasteiger partial charge in [-0.1, -0.05) is 42.0 Å². The van der Waals surface area contributed by atoms with E-state index < -0.39 is 0 Å². The van der Waals surface area contributed by atoms with Crippen molar-refractivity contribution in [1.82, 2.24) is 4.98 Å². The molecule has 0 N–H and O–H groups in total. The standard InChI is InChI=1S/C17H15N/c1-12-7-8-13(2)15(11-12)17-10-9-14-5-3-4-6-16(14)18-17/h3-11H,1-2H3. The molecular formula is C17H15N. The minimum absolute atomic E-state index is 1.05. The molecule has 0 aliphatic carbocycles. The highest BCUT2D eigenvalue weighted by Gasteiger charge is 2.04. The first-order valence-corrected chi connectivity index (χ1v) is 6.17. The van der Waals surface area contributed by atoms with Crippen molar-refractivity contribution in [2.45, 2.75) is 13.8 Å². The van der Waals surface area contributed by atoms with Gasteiger partial charge in [-0.15, -0.1) is 0 Å². The second-order valence-corrected chi connectivity index (χ2v) is 4.71. The fourth-order valence-electron chi connectivity index (χ4n) is 2.23. The summed E-state index contributed by atoms with van der Waals surface area (Å²) >= 11 is 0. The van der Waals surface area contributed by atoms with Gasteiger partial charge in [0.1, 0.15) is 0 Å². The number of nitrogens with zero attached hydrogens (tertiary/aromatic N) is 1. The summed E-state index contributed by atoms with van der Waals surface area (Å²) in [5.74, 6) is 0. The molecule has 0 fully saturated rings. The van der Waals surface area contributed by atoms with Crippen LogP contribution in [-0.2, 0) is 0 Å². The molecule has 0 aliphatic rings. The first kappa shape index (κ1) is 11.0. The van der Waals surface area contributed by atoms with Gasteiger partial charge in [-0.2, -0.15) is 0 Å². The summed E-state index contributed by atoms with van der Waals surface area (Å²) < 4.78 is 0. The van der Waals surface area contributed by atoms with Crippen LogP contribution in [0.4, 0.5) is 0 Å². The Labute approximate surface area is 107 Å². The van der Waals surface area contributed by atoms with Crippen molar-refractivity contribution < 1.29 is 0 Å². The molecule has 1 heteroatoms. The Morgan fingerprint density at radius 1 is 0.833 bits per heavy atom. The summed E-state index contributed by atoms with van der Waals surface area (Å²) in [5.41, 5.74) is 5.86. The Morgan fingerprint density at radius 2 is 1.67 bits per heavy atom. The van der Waals surface area contributed by atoms with Crippen LogP contribution in [0.5, 0.6) is 0 Å². The largest absolute Gasteiger partial charge is 0.248 e. The van der Waals surface area contributed by atoms with Crippen LogP contribution in [0.25, 0.3) is 22.2 Å². The number of rotatable bonds is 1. The van der Waals surface area contributed by atoms with Crippen LogP contribution < -0.4 is 0 Å². The molecule has 0 spiro atoms. The van der Waals surface area contributed by atoms with Crippen molar-refractivity contribution in [2.24, 2.45) is 0 Å². The zero-order valence-electron chi connectivity index (χ0n) is 10.6.